The molecule has 140 valence electrons. The Balaban J connectivity index is 2.13. The number of carbonyl (C=O) groups is 1. The van der Waals surface area contributed by atoms with E-state index >= 15 is 0 Å². The zero-order valence-corrected chi connectivity index (χ0v) is 16.0. The summed E-state index contributed by atoms with van der Waals surface area (Å²) in [6.45, 7) is 5.87. The molecule has 6 nitrogen and oxygen atoms in total. The van der Waals surface area contributed by atoms with Crippen LogP contribution in [0.15, 0.2) is 45.0 Å². The molecular formula is C19H18FN3O3S. The van der Waals surface area contributed by atoms with E-state index in [1.165, 1.54) is 4.68 Å². The second-order valence-corrected chi connectivity index (χ2v) is 6.84. The van der Waals surface area contributed by atoms with Crippen molar-refractivity contribution >= 4 is 28.8 Å². The van der Waals surface area contributed by atoms with Gasteiger partial charge in [0.25, 0.3) is 0 Å². The molecule has 27 heavy (non-hydrogen) atoms. The van der Waals surface area contributed by atoms with Gasteiger partial charge in [-0.05, 0) is 39.0 Å². The molecule has 8 heteroatoms. The van der Waals surface area contributed by atoms with Crippen LogP contribution in [0.5, 0.6) is 0 Å². The lowest BCUT2D eigenvalue weighted by atomic mass is 10.2. The van der Waals surface area contributed by atoms with Gasteiger partial charge in [-0.15, -0.1) is 0 Å². The van der Waals surface area contributed by atoms with E-state index in [9.17, 15) is 14.0 Å². The fourth-order valence-electron chi connectivity index (χ4n) is 2.51. The zero-order chi connectivity index (χ0) is 19.6. The predicted octanol–water partition coefficient (Wildman–Crippen LogP) is 3.59. The first-order valence-electron chi connectivity index (χ1n) is 8.47. The monoisotopic (exact) mass is 387 g/mol. The van der Waals surface area contributed by atoms with Gasteiger partial charge in [0.2, 0.25) is 11.1 Å². The summed E-state index contributed by atoms with van der Waals surface area (Å²) in [5.41, 5.74) is 0.270. The van der Waals surface area contributed by atoms with Gasteiger partial charge in [0.1, 0.15) is 5.03 Å². The quantitative estimate of drug-likeness (QED) is 0.623. The summed E-state index contributed by atoms with van der Waals surface area (Å²) in [6.07, 6.45) is 0. The number of benzene rings is 1. The molecule has 0 saturated carbocycles. The van der Waals surface area contributed by atoms with E-state index in [1.807, 2.05) is 31.2 Å². The maximum Gasteiger partial charge on any atom is 0.362 e. The summed E-state index contributed by atoms with van der Waals surface area (Å²) in [5, 5.41) is 4.20. The van der Waals surface area contributed by atoms with E-state index in [4.69, 9.17) is 4.74 Å². The molecule has 3 rings (SSSR count). The number of ether oxygens (including phenoxy) is 1. The molecule has 0 radical (unpaired) electrons. The van der Waals surface area contributed by atoms with E-state index in [2.05, 4.69) is 10.1 Å². The maximum atomic E-state index is 14.6. The second-order valence-electron chi connectivity index (χ2n) is 5.78. The number of fused-ring (bicyclic) bond motifs is 1. The highest BCUT2D eigenvalue weighted by atomic mass is 32.2. The number of hydrogen-bond donors (Lipinski definition) is 0. The van der Waals surface area contributed by atoms with Gasteiger partial charge in [-0.3, -0.25) is 4.79 Å². The van der Waals surface area contributed by atoms with Crippen molar-refractivity contribution in [1.82, 2.24) is 14.8 Å². The molecule has 0 fully saturated rings. The number of carbonyl (C=O) groups excluding carboxylic acids is 1. The summed E-state index contributed by atoms with van der Waals surface area (Å²) in [6, 6.07) is 8.71. The summed E-state index contributed by atoms with van der Waals surface area (Å²) in [4.78, 5) is 29.7. The number of aromatic nitrogens is 3. The summed E-state index contributed by atoms with van der Waals surface area (Å²) in [7, 11) is 0. The predicted molar refractivity (Wildman–Crippen MR) is 101 cm³/mol. The van der Waals surface area contributed by atoms with Crippen LogP contribution in [-0.2, 0) is 11.3 Å². The van der Waals surface area contributed by atoms with Crippen molar-refractivity contribution < 1.29 is 13.9 Å². The van der Waals surface area contributed by atoms with Gasteiger partial charge in [0.05, 0.1) is 12.0 Å². The summed E-state index contributed by atoms with van der Waals surface area (Å²) in [5.74, 6) is -1.46. The van der Waals surface area contributed by atoms with Gasteiger partial charge in [-0.2, -0.15) is 5.10 Å². The molecule has 0 N–H and O–H groups in total. The first kappa shape index (κ1) is 19.0. The minimum atomic E-state index is -0.829. The van der Waals surface area contributed by atoms with Crippen LogP contribution in [-0.4, -0.2) is 27.3 Å². The molecule has 0 saturated heterocycles. The SMILES string of the molecule is CCOC(=O)c1nn(CC)c2nc(Sc3ccc(C)cc3)c(F)cc2c1=O. The second kappa shape index (κ2) is 7.87. The number of halogens is 1. The molecule has 0 bridgehead atoms. The normalized spacial score (nSPS) is 11.0. The van der Waals surface area contributed by atoms with E-state index in [0.29, 0.717) is 6.54 Å². The molecule has 0 amide bonds. The highest BCUT2D eigenvalue weighted by molar-refractivity contribution is 7.99. The fraction of sp³-hybridized carbons (Fsp3) is 0.263. The molecular weight excluding hydrogens is 369 g/mol. The standard InChI is InChI=1S/C19H18FN3O3S/c1-4-23-17-13(16(24)15(22-23)19(25)26-5-2)10-14(20)18(21-17)27-12-8-6-11(3)7-9-12/h6-10H,4-5H2,1-3H3. The van der Waals surface area contributed by atoms with Crippen LogP contribution < -0.4 is 5.43 Å². The Morgan fingerprint density at radius 1 is 1.26 bits per heavy atom. The minimum absolute atomic E-state index is 0.000610. The molecule has 0 aliphatic rings. The summed E-state index contributed by atoms with van der Waals surface area (Å²) >= 11 is 1.16. The molecule has 0 spiro atoms. The largest absolute Gasteiger partial charge is 0.461 e. The third-order valence-corrected chi connectivity index (χ3v) is 4.84. The number of hydrogen-bond acceptors (Lipinski definition) is 6. The molecule has 2 aromatic heterocycles. The van der Waals surface area contributed by atoms with Gasteiger partial charge in [-0.1, -0.05) is 29.5 Å². The lowest BCUT2D eigenvalue weighted by Gasteiger charge is -2.11. The molecule has 0 atom stereocenters. The Morgan fingerprint density at radius 2 is 1.96 bits per heavy atom. The van der Waals surface area contributed by atoms with Crippen molar-refractivity contribution in [3.63, 3.8) is 0 Å². The number of rotatable bonds is 5. The number of aryl methyl sites for hydroxylation is 2. The average Bonchev–Trinajstić information content (AvgIpc) is 2.65. The first-order chi connectivity index (χ1) is 12.9. The van der Waals surface area contributed by atoms with Gasteiger partial charge in [0.15, 0.2) is 11.5 Å². The van der Waals surface area contributed by atoms with Crippen LogP contribution in [0, 0.1) is 12.7 Å². The third kappa shape index (κ3) is 3.85. The highest BCUT2D eigenvalue weighted by Gasteiger charge is 2.21. The Hall–Kier alpha value is -2.74. The number of pyridine rings is 1. The van der Waals surface area contributed by atoms with E-state index < -0.39 is 17.2 Å². The van der Waals surface area contributed by atoms with E-state index in [1.54, 1.807) is 13.8 Å². The van der Waals surface area contributed by atoms with Crippen molar-refractivity contribution in [2.45, 2.75) is 37.2 Å². The van der Waals surface area contributed by atoms with Crippen LogP contribution in [0.4, 0.5) is 4.39 Å². The van der Waals surface area contributed by atoms with Gasteiger partial charge >= 0.3 is 5.97 Å². The summed E-state index contributed by atoms with van der Waals surface area (Å²) < 4.78 is 20.9. The van der Waals surface area contributed by atoms with Crippen molar-refractivity contribution in [1.29, 1.82) is 0 Å². The van der Waals surface area contributed by atoms with E-state index in [-0.39, 0.29) is 28.4 Å². The maximum absolute atomic E-state index is 14.6. The minimum Gasteiger partial charge on any atom is -0.461 e. The van der Waals surface area contributed by atoms with Gasteiger partial charge < -0.3 is 4.74 Å². The molecule has 0 aliphatic heterocycles. The molecule has 2 heterocycles. The smallest absolute Gasteiger partial charge is 0.362 e. The van der Waals surface area contributed by atoms with Crippen molar-refractivity contribution in [2.24, 2.45) is 0 Å². The average molecular weight is 387 g/mol. The zero-order valence-electron chi connectivity index (χ0n) is 15.2. The van der Waals surface area contributed by atoms with Crippen molar-refractivity contribution in [2.75, 3.05) is 6.61 Å². The molecule has 0 unspecified atom stereocenters. The van der Waals surface area contributed by atoms with Crippen LogP contribution in [0.3, 0.4) is 0 Å². The van der Waals surface area contributed by atoms with Gasteiger partial charge in [0, 0.05) is 11.4 Å². The van der Waals surface area contributed by atoms with Crippen molar-refractivity contribution in [3.8, 4) is 0 Å². The molecule has 3 aromatic rings. The van der Waals surface area contributed by atoms with Crippen LogP contribution in [0.2, 0.25) is 0 Å². The lowest BCUT2D eigenvalue weighted by molar-refractivity contribution is 0.0515. The Bertz CT molecular complexity index is 1060. The Kier molecular flexibility index (Phi) is 5.55. The first-order valence-corrected chi connectivity index (χ1v) is 9.29. The third-order valence-electron chi connectivity index (χ3n) is 3.85. The highest BCUT2D eigenvalue weighted by Crippen LogP contribution is 2.29. The molecule has 0 aliphatic carbocycles. The van der Waals surface area contributed by atoms with Crippen molar-refractivity contribution in [3.05, 3.63) is 57.6 Å². The van der Waals surface area contributed by atoms with Gasteiger partial charge in [-0.25, -0.2) is 18.9 Å². The number of nitrogens with zero attached hydrogens (tertiary/aromatic N) is 3. The Labute approximate surface area is 159 Å². The Morgan fingerprint density at radius 3 is 2.59 bits per heavy atom. The van der Waals surface area contributed by atoms with Crippen LogP contribution in [0.25, 0.3) is 11.0 Å². The van der Waals surface area contributed by atoms with Crippen LogP contribution >= 0.6 is 11.8 Å². The fourth-order valence-corrected chi connectivity index (χ4v) is 3.29. The van der Waals surface area contributed by atoms with E-state index in [0.717, 1.165) is 28.3 Å². The number of esters is 1. The topological polar surface area (TPSA) is 74.1 Å². The molecule has 1 aromatic carbocycles. The van der Waals surface area contributed by atoms with Crippen LogP contribution in [0.1, 0.15) is 29.9 Å². The lowest BCUT2D eigenvalue weighted by Crippen LogP contribution is -2.25.